The molecule has 1 saturated carbocycles. The Morgan fingerprint density at radius 2 is 2.37 bits per heavy atom. The van der Waals surface area contributed by atoms with Crippen molar-refractivity contribution in [2.75, 3.05) is 12.4 Å². The standard InChI is InChI=1S/C12H14N4O3/c1-19-9-3-2-8(6-9)14-12-5-4-11(16(17)18)10(7-13)15-12/h4-5,8-9H,2-3,6H2,1H3,(H,14,15). The summed E-state index contributed by atoms with van der Waals surface area (Å²) in [5, 5.41) is 22.7. The Labute approximate surface area is 110 Å². The van der Waals surface area contributed by atoms with Crippen molar-refractivity contribution in [3.63, 3.8) is 0 Å². The maximum absolute atomic E-state index is 10.7. The van der Waals surface area contributed by atoms with Crippen LogP contribution in [0, 0.1) is 21.4 Å². The van der Waals surface area contributed by atoms with E-state index in [-0.39, 0.29) is 23.5 Å². The molecule has 1 fully saturated rings. The van der Waals surface area contributed by atoms with Crippen LogP contribution in [0.3, 0.4) is 0 Å². The Morgan fingerprint density at radius 1 is 1.58 bits per heavy atom. The van der Waals surface area contributed by atoms with E-state index in [9.17, 15) is 10.1 Å². The molecule has 1 N–H and O–H groups in total. The van der Waals surface area contributed by atoms with E-state index < -0.39 is 4.92 Å². The second kappa shape index (κ2) is 5.63. The lowest BCUT2D eigenvalue weighted by atomic mass is 10.2. The number of anilines is 1. The van der Waals surface area contributed by atoms with E-state index in [1.165, 1.54) is 12.1 Å². The van der Waals surface area contributed by atoms with Crippen molar-refractivity contribution < 1.29 is 9.66 Å². The van der Waals surface area contributed by atoms with Crippen LogP contribution in [-0.4, -0.2) is 29.2 Å². The molecule has 0 aliphatic heterocycles. The fourth-order valence-electron chi connectivity index (χ4n) is 2.26. The van der Waals surface area contributed by atoms with E-state index in [1.807, 2.05) is 0 Å². The summed E-state index contributed by atoms with van der Waals surface area (Å²) >= 11 is 0. The molecule has 100 valence electrons. The summed E-state index contributed by atoms with van der Waals surface area (Å²) in [7, 11) is 1.69. The predicted octanol–water partition coefficient (Wildman–Crippen LogP) is 1.84. The van der Waals surface area contributed by atoms with Gasteiger partial charge in [-0.1, -0.05) is 0 Å². The highest BCUT2D eigenvalue weighted by Gasteiger charge is 2.25. The van der Waals surface area contributed by atoms with Gasteiger partial charge in [-0.15, -0.1) is 0 Å². The molecule has 19 heavy (non-hydrogen) atoms. The van der Waals surface area contributed by atoms with Crippen molar-refractivity contribution in [3.8, 4) is 6.07 Å². The van der Waals surface area contributed by atoms with Crippen LogP contribution in [0.5, 0.6) is 0 Å². The molecule has 0 radical (unpaired) electrons. The zero-order chi connectivity index (χ0) is 13.8. The van der Waals surface area contributed by atoms with Crippen molar-refractivity contribution in [2.24, 2.45) is 0 Å². The Hall–Kier alpha value is -2.20. The molecule has 0 aromatic carbocycles. The quantitative estimate of drug-likeness (QED) is 0.656. The van der Waals surface area contributed by atoms with Gasteiger partial charge in [-0.25, -0.2) is 4.98 Å². The average molecular weight is 262 g/mol. The van der Waals surface area contributed by atoms with Crippen molar-refractivity contribution in [2.45, 2.75) is 31.4 Å². The smallest absolute Gasteiger partial charge is 0.305 e. The summed E-state index contributed by atoms with van der Waals surface area (Å²) in [5.41, 5.74) is -0.439. The van der Waals surface area contributed by atoms with Gasteiger partial charge in [0.05, 0.1) is 11.0 Å². The summed E-state index contributed by atoms with van der Waals surface area (Å²) in [5.74, 6) is 0.490. The molecule has 1 aliphatic rings. The molecule has 2 unspecified atom stereocenters. The molecular weight excluding hydrogens is 248 g/mol. The van der Waals surface area contributed by atoms with Crippen molar-refractivity contribution in [1.29, 1.82) is 5.26 Å². The normalized spacial score (nSPS) is 21.9. The number of hydrogen-bond acceptors (Lipinski definition) is 6. The Kier molecular flexibility index (Phi) is 3.92. The van der Waals surface area contributed by atoms with E-state index in [1.54, 1.807) is 13.2 Å². The summed E-state index contributed by atoms with van der Waals surface area (Å²) in [6.45, 7) is 0. The minimum atomic E-state index is -0.605. The topological polar surface area (TPSA) is 101 Å². The zero-order valence-corrected chi connectivity index (χ0v) is 10.5. The van der Waals surface area contributed by atoms with Gasteiger partial charge >= 0.3 is 5.69 Å². The molecule has 0 saturated heterocycles. The fraction of sp³-hybridized carbons (Fsp3) is 0.500. The molecule has 2 atom stereocenters. The summed E-state index contributed by atoms with van der Waals surface area (Å²) in [4.78, 5) is 14.1. The minimum Gasteiger partial charge on any atom is -0.381 e. The van der Waals surface area contributed by atoms with Crippen molar-refractivity contribution in [3.05, 3.63) is 27.9 Å². The third-order valence-corrected chi connectivity index (χ3v) is 3.25. The van der Waals surface area contributed by atoms with Crippen LogP contribution in [-0.2, 0) is 4.74 Å². The van der Waals surface area contributed by atoms with Gasteiger partial charge < -0.3 is 10.1 Å². The van der Waals surface area contributed by atoms with E-state index in [4.69, 9.17) is 10.00 Å². The van der Waals surface area contributed by atoms with E-state index in [2.05, 4.69) is 10.3 Å². The first-order chi connectivity index (χ1) is 9.13. The fourth-order valence-corrected chi connectivity index (χ4v) is 2.26. The average Bonchev–Trinajstić information content (AvgIpc) is 2.86. The maximum Gasteiger partial charge on any atom is 0.305 e. The summed E-state index contributed by atoms with van der Waals surface area (Å²) in [6.07, 6.45) is 3.05. The molecule has 7 nitrogen and oxygen atoms in total. The van der Waals surface area contributed by atoms with Crippen molar-refractivity contribution >= 4 is 11.5 Å². The van der Waals surface area contributed by atoms with Gasteiger partial charge in [0.25, 0.3) is 0 Å². The minimum absolute atomic E-state index is 0.170. The van der Waals surface area contributed by atoms with E-state index in [0.29, 0.717) is 5.82 Å². The second-order valence-electron chi connectivity index (χ2n) is 4.45. The van der Waals surface area contributed by atoms with Crippen molar-refractivity contribution in [1.82, 2.24) is 4.98 Å². The van der Waals surface area contributed by atoms with Gasteiger partial charge in [0, 0.05) is 19.2 Å². The van der Waals surface area contributed by atoms with Crippen LogP contribution < -0.4 is 5.32 Å². The molecule has 0 amide bonds. The Balaban J connectivity index is 2.10. The highest BCUT2D eigenvalue weighted by molar-refractivity contribution is 5.50. The van der Waals surface area contributed by atoms with Gasteiger partial charge in [0.2, 0.25) is 5.69 Å². The third-order valence-electron chi connectivity index (χ3n) is 3.25. The zero-order valence-electron chi connectivity index (χ0n) is 10.5. The Morgan fingerprint density at radius 3 is 2.95 bits per heavy atom. The maximum atomic E-state index is 10.7. The second-order valence-corrected chi connectivity index (χ2v) is 4.45. The first kappa shape index (κ1) is 13.2. The molecule has 1 aromatic rings. The number of rotatable bonds is 4. The number of ether oxygens (including phenoxy) is 1. The highest BCUT2D eigenvalue weighted by Crippen LogP contribution is 2.25. The SMILES string of the molecule is COC1CCC(Nc2ccc([N+](=O)[O-])c(C#N)n2)C1. The van der Waals surface area contributed by atoms with Gasteiger partial charge in [-0.2, -0.15) is 5.26 Å². The van der Waals surface area contributed by atoms with E-state index >= 15 is 0 Å². The number of nitrogens with one attached hydrogen (secondary N) is 1. The number of pyridine rings is 1. The number of methoxy groups -OCH3 is 1. The molecular formula is C12H14N4O3. The molecule has 1 heterocycles. The van der Waals surface area contributed by atoms with Crippen LogP contribution in [0.1, 0.15) is 25.0 Å². The number of hydrogen-bond donors (Lipinski definition) is 1. The van der Waals surface area contributed by atoms with Crippen LogP contribution in [0.15, 0.2) is 12.1 Å². The number of nitriles is 1. The lowest BCUT2D eigenvalue weighted by molar-refractivity contribution is -0.385. The van der Waals surface area contributed by atoms with Gasteiger partial charge in [0.15, 0.2) is 0 Å². The highest BCUT2D eigenvalue weighted by atomic mass is 16.6. The summed E-state index contributed by atoms with van der Waals surface area (Å²) < 4.78 is 5.27. The molecule has 1 aromatic heterocycles. The van der Waals surface area contributed by atoms with Crippen LogP contribution >= 0.6 is 0 Å². The molecule has 7 heteroatoms. The first-order valence-corrected chi connectivity index (χ1v) is 5.99. The van der Waals surface area contributed by atoms with Crippen LogP contribution in [0.2, 0.25) is 0 Å². The van der Waals surface area contributed by atoms with Gasteiger partial charge in [0.1, 0.15) is 11.9 Å². The monoisotopic (exact) mass is 262 g/mol. The molecule has 1 aliphatic carbocycles. The number of aromatic nitrogens is 1. The van der Waals surface area contributed by atoms with Gasteiger partial charge in [-0.3, -0.25) is 10.1 Å². The lowest BCUT2D eigenvalue weighted by Gasteiger charge is -2.13. The molecule has 0 spiro atoms. The van der Waals surface area contributed by atoms with E-state index in [0.717, 1.165) is 19.3 Å². The number of nitro groups is 1. The largest absolute Gasteiger partial charge is 0.381 e. The van der Waals surface area contributed by atoms with Crippen LogP contribution in [0.25, 0.3) is 0 Å². The Bertz CT molecular complexity index is 526. The molecule has 2 rings (SSSR count). The van der Waals surface area contributed by atoms with Crippen LogP contribution in [0.4, 0.5) is 11.5 Å². The third kappa shape index (κ3) is 2.98. The summed E-state index contributed by atoms with van der Waals surface area (Å²) in [6, 6.07) is 4.80. The predicted molar refractivity (Wildman–Crippen MR) is 67.7 cm³/mol. The number of nitrogens with zero attached hydrogens (tertiary/aromatic N) is 3. The van der Waals surface area contributed by atoms with Gasteiger partial charge in [-0.05, 0) is 25.3 Å². The first-order valence-electron chi connectivity index (χ1n) is 5.99. The molecule has 0 bridgehead atoms. The lowest BCUT2D eigenvalue weighted by Crippen LogP contribution is -2.18.